The van der Waals surface area contributed by atoms with Crippen molar-refractivity contribution in [2.45, 2.75) is 19.6 Å². The SMILES string of the molecule is COC(C(=O)NCc1ccc(C(=N)N)cc1)c1c(F)ccc(-c2ccc(C)cc2)c1F. The van der Waals surface area contributed by atoms with Crippen LogP contribution in [0.25, 0.3) is 11.1 Å². The molecule has 1 amide bonds. The van der Waals surface area contributed by atoms with Crippen molar-refractivity contribution in [2.24, 2.45) is 5.73 Å². The summed E-state index contributed by atoms with van der Waals surface area (Å²) in [6.45, 7) is 2.03. The summed E-state index contributed by atoms with van der Waals surface area (Å²) in [6, 6.07) is 16.3. The molecule has 5 nitrogen and oxygen atoms in total. The molecule has 0 saturated carbocycles. The topological polar surface area (TPSA) is 88.2 Å². The summed E-state index contributed by atoms with van der Waals surface area (Å²) >= 11 is 0. The minimum absolute atomic E-state index is 0.0607. The van der Waals surface area contributed by atoms with Crippen LogP contribution in [-0.4, -0.2) is 18.9 Å². The van der Waals surface area contributed by atoms with Crippen molar-refractivity contribution in [3.63, 3.8) is 0 Å². The lowest BCUT2D eigenvalue weighted by Crippen LogP contribution is -2.31. The number of nitrogens with one attached hydrogen (secondary N) is 2. The van der Waals surface area contributed by atoms with Crippen molar-refractivity contribution < 1.29 is 18.3 Å². The third kappa shape index (κ3) is 4.95. The van der Waals surface area contributed by atoms with Gasteiger partial charge in [0.05, 0.1) is 5.56 Å². The van der Waals surface area contributed by atoms with E-state index in [0.717, 1.165) is 17.2 Å². The normalized spacial score (nSPS) is 11.7. The molecular formula is C24H23F2N3O2. The van der Waals surface area contributed by atoms with Gasteiger partial charge in [-0.3, -0.25) is 10.2 Å². The van der Waals surface area contributed by atoms with Gasteiger partial charge in [0, 0.05) is 24.8 Å². The summed E-state index contributed by atoms with van der Waals surface area (Å²) in [7, 11) is 1.23. The van der Waals surface area contributed by atoms with E-state index in [1.165, 1.54) is 13.2 Å². The number of amides is 1. The highest BCUT2D eigenvalue weighted by Crippen LogP contribution is 2.32. The maximum absolute atomic E-state index is 15.3. The second-order valence-electron chi connectivity index (χ2n) is 7.13. The van der Waals surface area contributed by atoms with Gasteiger partial charge in [-0.2, -0.15) is 0 Å². The smallest absolute Gasteiger partial charge is 0.254 e. The van der Waals surface area contributed by atoms with Crippen LogP contribution in [0.3, 0.4) is 0 Å². The molecule has 1 atom stereocenters. The van der Waals surface area contributed by atoms with E-state index in [9.17, 15) is 9.18 Å². The van der Waals surface area contributed by atoms with Gasteiger partial charge in [-0.1, -0.05) is 54.1 Å². The second kappa shape index (κ2) is 9.49. The Hall–Kier alpha value is -3.58. The molecule has 0 radical (unpaired) electrons. The van der Waals surface area contributed by atoms with Crippen molar-refractivity contribution in [2.75, 3.05) is 7.11 Å². The third-order valence-electron chi connectivity index (χ3n) is 4.96. The number of carbonyl (C=O) groups is 1. The maximum atomic E-state index is 15.3. The molecule has 7 heteroatoms. The van der Waals surface area contributed by atoms with Crippen LogP contribution in [0.5, 0.6) is 0 Å². The first kappa shape index (κ1) is 22.1. The average molecular weight is 423 g/mol. The van der Waals surface area contributed by atoms with E-state index in [4.69, 9.17) is 15.9 Å². The first-order chi connectivity index (χ1) is 14.8. The molecular weight excluding hydrogens is 400 g/mol. The van der Waals surface area contributed by atoms with E-state index in [2.05, 4.69) is 5.32 Å². The van der Waals surface area contributed by atoms with Crippen molar-refractivity contribution in [1.82, 2.24) is 5.32 Å². The van der Waals surface area contributed by atoms with E-state index < -0.39 is 29.2 Å². The molecule has 0 spiro atoms. The summed E-state index contributed by atoms with van der Waals surface area (Å²) < 4.78 is 35.0. The lowest BCUT2D eigenvalue weighted by Gasteiger charge is -2.19. The summed E-state index contributed by atoms with van der Waals surface area (Å²) in [5, 5.41) is 10.0. The molecule has 3 aromatic rings. The Balaban J connectivity index is 1.83. The molecule has 0 fully saturated rings. The van der Waals surface area contributed by atoms with Gasteiger partial charge in [0.15, 0.2) is 6.10 Å². The van der Waals surface area contributed by atoms with E-state index in [-0.39, 0.29) is 17.9 Å². The number of nitrogen functional groups attached to an aromatic ring is 1. The number of amidine groups is 1. The largest absolute Gasteiger partial charge is 0.384 e. The quantitative estimate of drug-likeness (QED) is 0.393. The molecule has 3 aromatic carbocycles. The monoisotopic (exact) mass is 423 g/mol. The Kier molecular flexibility index (Phi) is 6.77. The van der Waals surface area contributed by atoms with E-state index in [1.54, 1.807) is 36.4 Å². The predicted molar refractivity (Wildman–Crippen MR) is 116 cm³/mol. The van der Waals surface area contributed by atoms with Crippen LogP contribution in [0.4, 0.5) is 8.78 Å². The number of benzene rings is 3. The van der Waals surface area contributed by atoms with Gasteiger partial charge in [-0.25, -0.2) is 8.78 Å². The molecule has 31 heavy (non-hydrogen) atoms. The number of nitrogens with two attached hydrogens (primary N) is 1. The molecule has 3 rings (SSSR count). The Bertz CT molecular complexity index is 1100. The molecule has 0 heterocycles. The summed E-state index contributed by atoms with van der Waals surface area (Å²) in [4.78, 5) is 12.7. The van der Waals surface area contributed by atoms with Gasteiger partial charge in [-0.15, -0.1) is 0 Å². The standard InChI is InChI=1S/C24H23F2N3O2/c1-14-3-7-16(8-4-14)18-11-12-19(25)20(21(18)26)22(31-2)24(30)29-13-15-5-9-17(10-6-15)23(27)28/h3-12,22H,13H2,1-2H3,(H3,27,28)(H,29,30). The van der Waals surface area contributed by atoms with Crippen molar-refractivity contribution >= 4 is 11.7 Å². The van der Waals surface area contributed by atoms with Crippen LogP contribution in [0, 0.1) is 24.0 Å². The molecule has 160 valence electrons. The van der Waals surface area contributed by atoms with E-state index in [0.29, 0.717) is 11.1 Å². The molecule has 0 bridgehead atoms. The second-order valence-corrected chi connectivity index (χ2v) is 7.13. The zero-order valence-corrected chi connectivity index (χ0v) is 17.2. The lowest BCUT2D eigenvalue weighted by atomic mass is 9.97. The third-order valence-corrected chi connectivity index (χ3v) is 4.96. The number of halogens is 2. The lowest BCUT2D eigenvalue weighted by molar-refractivity contribution is -0.131. The highest BCUT2D eigenvalue weighted by Gasteiger charge is 2.28. The van der Waals surface area contributed by atoms with Crippen molar-refractivity contribution in [3.8, 4) is 11.1 Å². The number of hydrogen-bond acceptors (Lipinski definition) is 3. The molecule has 0 aliphatic heterocycles. The van der Waals surface area contributed by atoms with Crippen molar-refractivity contribution in [3.05, 3.63) is 94.6 Å². The minimum Gasteiger partial charge on any atom is -0.384 e. The zero-order chi connectivity index (χ0) is 22.5. The number of rotatable bonds is 7. The number of carbonyl (C=O) groups excluding carboxylic acids is 1. The minimum atomic E-state index is -1.46. The molecule has 4 N–H and O–H groups in total. The number of ether oxygens (including phenoxy) is 1. The fourth-order valence-corrected chi connectivity index (χ4v) is 3.21. The van der Waals surface area contributed by atoms with Crippen molar-refractivity contribution in [1.29, 1.82) is 5.41 Å². The highest BCUT2D eigenvalue weighted by atomic mass is 19.1. The highest BCUT2D eigenvalue weighted by molar-refractivity contribution is 5.94. The van der Waals surface area contributed by atoms with Crippen LogP contribution in [-0.2, 0) is 16.1 Å². The number of methoxy groups -OCH3 is 1. The van der Waals surface area contributed by atoms with Crippen LogP contribution in [0.15, 0.2) is 60.7 Å². The Morgan fingerprint density at radius 1 is 1.06 bits per heavy atom. The van der Waals surface area contributed by atoms with Crippen LogP contribution in [0.2, 0.25) is 0 Å². The fourth-order valence-electron chi connectivity index (χ4n) is 3.21. The van der Waals surface area contributed by atoms with Crippen LogP contribution >= 0.6 is 0 Å². The van der Waals surface area contributed by atoms with Crippen LogP contribution < -0.4 is 11.1 Å². The van der Waals surface area contributed by atoms with E-state index in [1.807, 2.05) is 19.1 Å². The van der Waals surface area contributed by atoms with Gasteiger partial charge in [-0.05, 0) is 30.2 Å². The Morgan fingerprint density at radius 3 is 2.29 bits per heavy atom. The Labute approximate surface area is 179 Å². The van der Waals surface area contributed by atoms with E-state index >= 15 is 4.39 Å². The zero-order valence-electron chi connectivity index (χ0n) is 17.2. The molecule has 0 saturated heterocycles. The van der Waals surface area contributed by atoms with Gasteiger partial charge in [0.2, 0.25) is 0 Å². The molecule has 0 aliphatic rings. The summed E-state index contributed by atoms with van der Waals surface area (Å²) in [5.41, 5.74) is 8.05. The first-order valence-electron chi connectivity index (χ1n) is 9.60. The summed E-state index contributed by atoms with van der Waals surface area (Å²) in [6.07, 6.45) is -1.46. The number of aryl methyl sites for hydroxylation is 1. The maximum Gasteiger partial charge on any atom is 0.254 e. The van der Waals surface area contributed by atoms with Gasteiger partial charge in [0.1, 0.15) is 17.5 Å². The van der Waals surface area contributed by atoms with Crippen LogP contribution in [0.1, 0.15) is 28.4 Å². The fraction of sp³-hybridized carbons (Fsp3) is 0.167. The first-order valence-corrected chi connectivity index (χ1v) is 9.60. The van der Waals surface area contributed by atoms with Gasteiger partial charge in [0.25, 0.3) is 5.91 Å². The number of hydrogen-bond donors (Lipinski definition) is 3. The summed E-state index contributed by atoms with van der Waals surface area (Å²) in [5.74, 6) is -2.43. The molecule has 1 unspecified atom stereocenters. The van der Waals surface area contributed by atoms with Gasteiger partial charge >= 0.3 is 0 Å². The molecule has 0 aliphatic carbocycles. The average Bonchev–Trinajstić information content (AvgIpc) is 2.76. The predicted octanol–water partition coefficient (Wildman–Crippen LogP) is 4.23. The van der Waals surface area contributed by atoms with Gasteiger partial charge < -0.3 is 15.8 Å². The molecule has 0 aromatic heterocycles. The Morgan fingerprint density at radius 2 is 1.71 bits per heavy atom.